The molecule has 0 aromatic rings. The predicted octanol–water partition coefficient (Wildman–Crippen LogP) is 1.04. The van der Waals surface area contributed by atoms with E-state index >= 15 is 0 Å². The summed E-state index contributed by atoms with van der Waals surface area (Å²) >= 11 is 4.91. The minimum absolute atomic E-state index is 0.0571. The second-order valence-electron chi connectivity index (χ2n) is 0.261. The summed E-state index contributed by atoms with van der Waals surface area (Å²) in [4.78, 5) is 0. The van der Waals surface area contributed by atoms with Gasteiger partial charge in [-0.05, 0) is 0 Å². The molecular formula is CH3ClOP. The second kappa shape index (κ2) is 3.68. The van der Waals surface area contributed by atoms with Crippen molar-refractivity contribution < 1.29 is 5.11 Å². The lowest BCUT2D eigenvalue weighted by Crippen LogP contribution is -1.53. The first-order chi connectivity index (χ1) is 1.91. The van der Waals surface area contributed by atoms with Crippen molar-refractivity contribution in [2.45, 2.75) is 0 Å². The molecule has 25 valence electrons. The van der Waals surface area contributed by atoms with E-state index in [-0.39, 0.29) is 6.35 Å². The van der Waals surface area contributed by atoms with Gasteiger partial charge in [0, 0.05) is 0 Å². The lowest BCUT2D eigenvalue weighted by Gasteiger charge is -1.65. The number of hydrogen-bond acceptors (Lipinski definition) is 1. The van der Waals surface area contributed by atoms with Crippen LogP contribution in [0.2, 0.25) is 0 Å². The van der Waals surface area contributed by atoms with E-state index in [0.29, 0.717) is 7.93 Å². The summed E-state index contributed by atoms with van der Waals surface area (Å²) < 4.78 is 0. The molecule has 0 rings (SSSR count). The van der Waals surface area contributed by atoms with Crippen molar-refractivity contribution in [1.82, 2.24) is 0 Å². The normalized spacial score (nSPS) is 10.5. The van der Waals surface area contributed by atoms with E-state index < -0.39 is 0 Å². The Morgan fingerprint density at radius 1 is 2.00 bits per heavy atom. The summed E-state index contributed by atoms with van der Waals surface area (Å²) in [6.07, 6.45) is 0.0571. The molecule has 0 aliphatic rings. The van der Waals surface area contributed by atoms with Crippen LogP contribution in [0.15, 0.2) is 0 Å². The Hall–Kier alpha value is 0.680. The predicted molar refractivity (Wildman–Crippen MR) is 19.9 cm³/mol. The average Bonchev–Trinajstić information content (AvgIpc) is 1.37. The number of halogens is 1. The molecule has 0 saturated carbocycles. The Morgan fingerprint density at radius 3 is 2.25 bits per heavy atom. The highest BCUT2D eigenvalue weighted by molar-refractivity contribution is 7.68. The van der Waals surface area contributed by atoms with Crippen molar-refractivity contribution in [1.29, 1.82) is 0 Å². The molecule has 0 heterocycles. The molecule has 0 aliphatic carbocycles. The van der Waals surface area contributed by atoms with Gasteiger partial charge in [-0.1, -0.05) is 11.2 Å². The van der Waals surface area contributed by atoms with E-state index in [1.165, 1.54) is 0 Å². The standard InChI is InChI=1S/CH3ClOP/c2-4-1-3/h3H,1H2. The zero-order valence-corrected chi connectivity index (χ0v) is 3.63. The third-order valence-electron chi connectivity index (χ3n) is 0.0535. The molecule has 4 heavy (non-hydrogen) atoms. The summed E-state index contributed by atoms with van der Waals surface area (Å²) in [7, 11) is 0.526. The SMILES string of the molecule is OC[P]Cl. The third kappa shape index (κ3) is 2.68. The van der Waals surface area contributed by atoms with E-state index in [1.807, 2.05) is 0 Å². The Kier molecular flexibility index (Phi) is 4.31. The topological polar surface area (TPSA) is 20.2 Å². The molecule has 0 atom stereocenters. The third-order valence-corrected chi connectivity index (χ3v) is 0.481. The molecule has 0 saturated heterocycles. The smallest absolute Gasteiger partial charge is 0.0818 e. The van der Waals surface area contributed by atoms with Gasteiger partial charge in [0.1, 0.15) is 0 Å². The van der Waals surface area contributed by atoms with Crippen LogP contribution >= 0.6 is 19.2 Å². The fraction of sp³-hybridized carbons (Fsp3) is 1.00. The molecule has 1 radical (unpaired) electrons. The monoisotopic (exact) mass is 97.0 g/mol. The van der Waals surface area contributed by atoms with Gasteiger partial charge in [0.25, 0.3) is 0 Å². The van der Waals surface area contributed by atoms with Crippen LogP contribution < -0.4 is 0 Å². The van der Waals surface area contributed by atoms with E-state index in [2.05, 4.69) is 0 Å². The van der Waals surface area contributed by atoms with Gasteiger partial charge in [-0.25, -0.2) is 0 Å². The molecule has 1 N–H and O–H groups in total. The number of rotatable bonds is 1. The van der Waals surface area contributed by atoms with E-state index in [0.717, 1.165) is 0 Å². The molecule has 0 aliphatic heterocycles. The van der Waals surface area contributed by atoms with Crippen molar-refractivity contribution in [2.24, 2.45) is 0 Å². The summed E-state index contributed by atoms with van der Waals surface area (Å²) in [6, 6.07) is 0. The number of hydrogen-bond donors (Lipinski definition) is 1. The maximum atomic E-state index is 7.73. The minimum atomic E-state index is 0.0571. The van der Waals surface area contributed by atoms with E-state index in [9.17, 15) is 0 Å². The van der Waals surface area contributed by atoms with Crippen LogP contribution in [0.4, 0.5) is 0 Å². The molecule has 0 aromatic carbocycles. The lowest BCUT2D eigenvalue weighted by molar-refractivity contribution is 0.374. The van der Waals surface area contributed by atoms with Crippen LogP contribution in [-0.4, -0.2) is 11.5 Å². The van der Waals surface area contributed by atoms with Gasteiger partial charge < -0.3 is 5.11 Å². The van der Waals surface area contributed by atoms with E-state index in [4.69, 9.17) is 16.3 Å². The van der Waals surface area contributed by atoms with Gasteiger partial charge in [-0.2, -0.15) is 0 Å². The molecule has 0 spiro atoms. The van der Waals surface area contributed by atoms with Crippen molar-refractivity contribution in [3.63, 3.8) is 0 Å². The van der Waals surface area contributed by atoms with Crippen LogP contribution in [0.5, 0.6) is 0 Å². The van der Waals surface area contributed by atoms with Crippen molar-refractivity contribution >= 4 is 19.2 Å². The van der Waals surface area contributed by atoms with Gasteiger partial charge in [-0.15, -0.1) is 0 Å². The summed E-state index contributed by atoms with van der Waals surface area (Å²) in [5.74, 6) is 0. The molecule has 0 aromatic heterocycles. The van der Waals surface area contributed by atoms with Crippen LogP contribution in [0.3, 0.4) is 0 Å². The van der Waals surface area contributed by atoms with Crippen molar-refractivity contribution in [2.75, 3.05) is 6.35 Å². The summed E-state index contributed by atoms with van der Waals surface area (Å²) in [6.45, 7) is 0. The largest absolute Gasteiger partial charge is 0.390 e. The first kappa shape index (κ1) is 4.68. The quantitative estimate of drug-likeness (QED) is 0.485. The van der Waals surface area contributed by atoms with Gasteiger partial charge in [0.15, 0.2) is 0 Å². The Balaban J connectivity index is 1.97. The van der Waals surface area contributed by atoms with Crippen LogP contribution in [0, 0.1) is 0 Å². The molecule has 0 unspecified atom stereocenters. The first-order valence-electron chi connectivity index (χ1n) is 0.801. The Morgan fingerprint density at radius 2 is 2.25 bits per heavy atom. The van der Waals surface area contributed by atoms with Crippen molar-refractivity contribution in [3.8, 4) is 0 Å². The van der Waals surface area contributed by atoms with Crippen LogP contribution in [0.1, 0.15) is 0 Å². The van der Waals surface area contributed by atoms with E-state index in [1.54, 1.807) is 0 Å². The number of aliphatic hydroxyl groups excluding tert-OH is 1. The summed E-state index contributed by atoms with van der Waals surface area (Å²) in [5, 5.41) is 7.73. The maximum Gasteiger partial charge on any atom is 0.0818 e. The summed E-state index contributed by atoms with van der Waals surface area (Å²) in [5.41, 5.74) is 0. The van der Waals surface area contributed by atoms with Gasteiger partial charge in [0.2, 0.25) is 0 Å². The molecule has 0 amide bonds. The highest BCUT2D eigenvalue weighted by Crippen LogP contribution is 2.10. The Labute approximate surface area is 31.5 Å². The zero-order valence-electron chi connectivity index (χ0n) is 1.98. The molecular weight excluding hydrogens is 94.4 g/mol. The van der Waals surface area contributed by atoms with Gasteiger partial charge in [-0.3, -0.25) is 0 Å². The fourth-order valence-corrected chi connectivity index (χ4v) is 0. The zero-order chi connectivity index (χ0) is 3.41. The molecule has 3 heteroatoms. The maximum absolute atomic E-state index is 7.73. The average molecular weight is 97.5 g/mol. The highest BCUT2D eigenvalue weighted by atomic mass is 35.7. The number of aliphatic hydroxyl groups is 1. The fourth-order valence-electron chi connectivity index (χ4n) is 0. The second-order valence-corrected chi connectivity index (χ2v) is 1.50. The minimum Gasteiger partial charge on any atom is -0.390 e. The molecule has 0 fully saturated rings. The van der Waals surface area contributed by atoms with Crippen molar-refractivity contribution in [3.05, 3.63) is 0 Å². The molecule has 0 bridgehead atoms. The lowest BCUT2D eigenvalue weighted by atomic mass is 11.7. The van der Waals surface area contributed by atoms with Gasteiger partial charge >= 0.3 is 0 Å². The first-order valence-corrected chi connectivity index (χ1v) is 2.79. The van der Waals surface area contributed by atoms with Gasteiger partial charge in [0.05, 0.1) is 14.3 Å². The Bertz CT molecular complexity index is 10.0. The van der Waals surface area contributed by atoms with Crippen LogP contribution in [0.25, 0.3) is 0 Å². The highest BCUT2D eigenvalue weighted by Gasteiger charge is 1.62. The molecule has 1 nitrogen and oxygen atoms in total. The van der Waals surface area contributed by atoms with Crippen LogP contribution in [-0.2, 0) is 0 Å².